The summed E-state index contributed by atoms with van der Waals surface area (Å²) < 4.78 is 5.25. The SMILES string of the molecule is COc1cccc(-c2cc(CCl)ccc2CCl)c1. The van der Waals surface area contributed by atoms with E-state index in [4.69, 9.17) is 27.9 Å². The average Bonchev–Trinajstić information content (AvgIpc) is 2.46. The summed E-state index contributed by atoms with van der Waals surface area (Å²) in [6.45, 7) is 0. The summed E-state index contributed by atoms with van der Waals surface area (Å²) in [6, 6.07) is 14.1. The van der Waals surface area contributed by atoms with Crippen molar-refractivity contribution in [2.75, 3.05) is 7.11 Å². The third kappa shape index (κ3) is 2.80. The predicted molar refractivity (Wildman–Crippen MR) is 77.5 cm³/mol. The van der Waals surface area contributed by atoms with Crippen LogP contribution in [0.5, 0.6) is 5.75 Å². The minimum absolute atomic E-state index is 0.481. The summed E-state index contributed by atoms with van der Waals surface area (Å²) in [7, 11) is 1.66. The molecule has 3 heteroatoms. The zero-order valence-corrected chi connectivity index (χ0v) is 11.6. The van der Waals surface area contributed by atoms with Crippen LogP contribution in [0.15, 0.2) is 42.5 Å². The molecule has 2 aromatic rings. The topological polar surface area (TPSA) is 9.23 Å². The second kappa shape index (κ2) is 6.12. The monoisotopic (exact) mass is 280 g/mol. The van der Waals surface area contributed by atoms with Crippen molar-refractivity contribution >= 4 is 23.2 Å². The number of hydrogen-bond donors (Lipinski definition) is 0. The zero-order chi connectivity index (χ0) is 13.0. The van der Waals surface area contributed by atoms with Gasteiger partial charge in [0.1, 0.15) is 5.75 Å². The number of alkyl halides is 2. The Kier molecular flexibility index (Phi) is 4.51. The van der Waals surface area contributed by atoms with E-state index in [1.807, 2.05) is 36.4 Å². The first kappa shape index (κ1) is 13.3. The Morgan fingerprint density at radius 1 is 1.00 bits per heavy atom. The van der Waals surface area contributed by atoms with Crippen molar-refractivity contribution in [2.24, 2.45) is 0 Å². The molecule has 0 aromatic heterocycles. The Balaban J connectivity index is 2.53. The van der Waals surface area contributed by atoms with Crippen LogP contribution in [-0.2, 0) is 11.8 Å². The fourth-order valence-corrected chi connectivity index (χ4v) is 2.28. The van der Waals surface area contributed by atoms with E-state index in [9.17, 15) is 0 Å². The van der Waals surface area contributed by atoms with Crippen LogP contribution in [0, 0.1) is 0 Å². The van der Waals surface area contributed by atoms with Gasteiger partial charge in [-0.2, -0.15) is 0 Å². The maximum Gasteiger partial charge on any atom is 0.119 e. The number of halogens is 2. The smallest absolute Gasteiger partial charge is 0.119 e. The van der Waals surface area contributed by atoms with Crippen LogP contribution in [0.2, 0.25) is 0 Å². The summed E-state index contributed by atoms with van der Waals surface area (Å²) in [5.41, 5.74) is 4.39. The minimum Gasteiger partial charge on any atom is -0.497 e. The lowest BCUT2D eigenvalue weighted by Gasteiger charge is -2.10. The van der Waals surface area contributed by atoms with E-state index >= 15 is 0 Å². The molecule has 0 aliphatic heterocycles. The van der Waals surface area contributed by atoms with Gasteiger partial charge in [0.05, 0.1) is 7.11 Å². The standard InChI is InChI=1S/C15H14Cl2O/c1-18-14-4-2-3-12(8-14)15-7-11(9-16)5-6-13(15)10-17/h2-8H,9-10H2,1H3. The van der Waals surface area contributed by atoms with E-state index in [0.717, 1.165) is 28.0 Å². The molecule has 0 amide bonds. The van der Waals surface area contributed by atoms with Crippen molar-refractivity contribution in [3.05, 3.63) is 53.6 Å². The molecule has 0 N–H and O–H groups in total. The van der Waals surface area contributed by atoms with Gasteiger partial charge in [0.2, 0.25) is 0 Å². The second-order valence-electron chi connectivity index (χ2n) is 3.99. The Hall–Kier alpha value is -1.18. The van der Waals surface area contributed by atoms with Gasteiger partial charge < -0.3 is 4.74 Å². The quantitative estimate of drug-likeness (QED) is 0.729. The fraction of sp³-hybridized carbons (Fsp3) is 0.200. The largest absolute Gasteiger partial charge is 0.497 e. The molecule has 0 atom stereocenters. The summed E-state index contributed by atoms with van der Waals surface area (Å²) in [5.74, 6) is 1.82. The third-order valence-electron chi connectivity index (χ3n) is 2.85. The molecule has 0 spiro atoms. The molecular formula is C15H14Cl2O. The summed E-state index contributed by atoms with van der Waals surface area (Å²) in [6.07, 6.45) is 0. The van der Waals surface area contributed by atoms with Gasteiger partial charge >= 0.3 is 0 Å². The molecule has 0 heterocycles. The van der Waals surface area contributed by atoms with Gasteiger partial charge in [-0.1, -0.05) is 24.3 Å². The fourth-order valence-electron chi connectivity index (χ4n) is 1.88. The van der Waals surface area contributed by atoms with Crippen molar-refractivity contribution in [2.45, 2.75) is 11.8 Å². The van der Waals surface area contributed by atoms with Crippen molar-refractivity contribution in [1.82, 2.24) is 0 Å². The van der Waals surface area contributed by atoms with Crippen LogP contribution >= 0.6 is 23.2 Å². The molecule has 0 aliphatic rings. The van der Waals surface area contributed by atoms with Gasteiger partial charge in [-0.25, -0.2) is 0 Å². The predicted octanol–water partition coefficient (Wildman–Crippen LogP) is 4.84. The first-order valence-electron chi connectivity index (χ1n) is 5.66. The van der Waals surface area contributed by atoms with E-state index in [1.54, 1.807) is 7.11 Å². The Morgan fingerprint density at radius 3 is 2.50 bits per heavy atom. The lowest BCUT2D eigenvalue weighted by atomic mass is 9.98. The van der Waals surface area contributed by atoms with E-state index < -0.39 is 0 Å². The normalized spacial score (nSPS) is 10.4. The molecule has 0 saturated heterocycles. The maximum atomic E-state index is 5.99. The molecule has 0 unspecified atom stereocenters. The molecule has 0 fully saturated rings. The first-order chi connectivity index (χ1) is 8.78. The van der Waals surface area contributed by atoms with Gasteiger partial charge in [0, 0.05) is 11.8 Å². The van der Waals surface area contributed by atoms with Crippen LogP contribution in [0.25, 0.3) is 11.1 Å². The van der Waals surface area contributed by atoms with Crippen LogP contribution in [0.1, 0.15) is 11.1 Å². The van der Waals surface area contributed by atoms with Gasteiger partial charge in [0.15, 0.2) is 0 Å². The highest BCUT2D eigenvalue weighted by Crippen LogP contribution is 2.29. The van der Waals surface area contributed by atoms with Crippen LogP contribution < -0.4 is 4.74 Å². The maximum absolute atomic E-state index is 5.99. The second-order valence-corrected chi connectivity index (χ2v) is 4.53. The molecule has 2 aromatic carbocycles. The minimum atomic E-state index is 0.481. The Bertz CT molecular complexity index is 538. The number of hydrogen-bond acceptors (Lipinski definition) is 1. The number of rotatable bonds is 4. The van der Waals surface area contributed by atoms with Gasteiger partial charge in [-0.05, 0) is 40.5 Å². The molecule has 0 aliphatic carbocycles. The van der Waals surface area contributed by atoms with E-state index in [-0.39, 0.29) is 0 Å². The molecule has 2 rings (SSSR count). The lowest BCUT2D eigenvalue weighted by Crippen LogP contribution is -1.90. The zero-order valence-electron chi connectivity index (χ0n) is 10.1. The molecular weight excluding hydrogens is 267 g/mol. The summed E-state index contributed by atoms with van der Waals surface area (Å²) in [5, 5.41) is 0. The van der Waals surface area contributed by atoms with Gasteiger partial charge in [-0.3, -0.25) is 0 Å². The first-order valence-corrected chi connectivity index (χ1v) is 6.73. The van der Waals surface area contributed by atoms with Crippen LogP contribution in [0.4, 0.5) is 0 Å². The van der Waals surface area contributed by atoms with E-state index in [2.05, 4.69) is 6.07 Å². The molecule has 0 bridgehead atoms. The lowest BCUT2D eigenvalue weighted by molar-refractivity contribution is 0.415. The molecule has 94 valence electrons. The van der Waals surface area contributed by atoms with Gasteiger partial charge in [0.25, 0.3) is 0 Å². The highest BCUT2D eigenvalue weighted by Gasteiger charge is 2.06. The van der Waals surface area contributed by atoms with E-state index in [1.165, 1.54) is 0 Å². The van der Waals surface area contributed by atoms with Crippen molar-refractivity contribution in [1.29, 1.82) is 0 Å². The number of ether oxygens (including phenoxy) is 1. The highest BCUT2D eigenvalue weighted by molar-refractivity contribution is 6.18. The summed E-state index contributed by atoms with van der Waals surface area (Å²) >= 11 is 11.9. The van der Waals surface area contributed by atoms with Gasteiger partial charge in [-0.15, -0.1) is 23.2 Å². The van der Waals surface area contributed by atoms with Crippen LogP contribution in [-0.4, -0.2) is 7.11 Å². The molecule has 18 heavy (non-hydrogen) atoms. The van der Waals surface area contributed by atoms with Crippen molar-refractivity contribution in [3.63, 3.8) is 0 Å². The molecule has 1 nitrogen and oxygen atoms in total. The molecule has 0 saturated carbocycles. The number of benzene rings is 2. The average molecular weight is 281 g/mol. The molecule has 0 radical (unpaired) electrons. The van der Waals surface area contributed by atoms with E-state index in [0.29, 0.717) is 11.8 Å². The Morgan fingerprint density at radius 2 is 1.83 bits per heavy atom. The number of methoxy groups -OCH3 is 1. The van der Waals surface area contributed by atoms with Crippen molar-refractivity contribution in [3.8, 4) is 16.9 Å². The highest BCUT2D eigenvalue weighted by atomic mass is 35.5. The Labute approximate surface area is 117 Å². The summed E-state index contributed by atoms with van der Waals surface area (Å²) in [4.78, 5) is 0. The third-order valence-corrected chi connectivity index (χ3v) is 3.45. The van der Waals surface area contributed by atoms with Crippen LogP contribution in [0.3, 0.4) is 0 Å². The van der Waals surface area contributed by atoms with Crippen molar-refractivity contribution < 1.29 is 4.74 Å².